The fraction of sp³-hybridized carbons (Fsp3) is 0.125. The van der Waals surface area contributed by atoms with Crippen LogP contribution in [0.3, 0.4) is 0 Å². The quantitative estimate of drug-likeness (QED) is 0.693. The van der Waals surface area contributed by atoms with Gasteiger partial charge in [0, 0.05) is 11.1 Å². The molecule has 0 atom stereocenters. The Labute approximate surface area is 106 Å². The zero-order valence-corrected chi connectivity index (χ0v) is 10.3. The molecule has 0 amide bonds. The van der Waals surface area contributed by atoms with Gasteiger partial charge in [-0.3, -0.25) is 0 Å². The van der Waals surface area contributed by atoms with Crippen molar-refractivity contribution in [2.24, 2.45) is 0 Å². The number of methoxy groups -OCH3 is 1. The summed E-state index contributed by atoms with van der Waals surface area (Å²) in [5.74, 6) is 6.58. The van der Waals surface area contributed by atoms with Gasteiger partial charge < -0.3 is 4.74 Å². The fourth-order valence-corrected chi connectivity index (χ4v) is 1.58. The normalized spacial score (nSPS) is 9.50. The van der Waals surface area contributed by atoms with Crippen molar-refractivity contribution < 1.29 is 9.13 Å². The molecular weight excluding hydrogens is 227 g/mol. The highest BCUT2D eigenvalue weighted by Crippen LogP contribution is 2.18. The van der Waals surface area contributed by atoms with E-state index in [2.05, 4.69) is 11.8 Å². The molecule has 0 saturated heterocycles. The van der Waals surface area contributed by atoms with E-state index < -0.39 is 0 Å². The molecule has 2 heteroatoms. The molecular formula is C16H13FO. The average molecular weight is 240 g/mol. The number of aryl methyl sites for hydroxylation is 1. The first-order valence-electron chi connectivity index (χ1n) is 5.61. The van der Waals surface area contributed by atoms with Crippen molar-refractivity contribution in [2.45, 2.75) is 6.92 Å². The molecule has 0 aromatic heterocycles. The molecule has 0 fully saturated rings. The Balaban J connectivity index is 2.27. The monoisotopic (exact) mass is 240 g/mol. The molecule has 0 bridgehead atoms. The van der Waals surface area contributed by atoms with Crippen LogP contribution in [0.4, 0.5) is 4.39 Å². The third-order valence-corrected chi connectivity index (χ3v) is 2.60. The van der Waals surface area contributed by atoms with Gasteiger partial charge in [0.1, 0.15) is 11.6 Å². The highest BCUT2D eigenvalue weighted by Gasteiger charge is 1.97. The summed E-state index contributed by atoms with van der Waals surface area (Å²) in [6.45, 7) is 1.98. The molecule has 1 nitrogen and oxygen atoms in total. The van der Waals surface area contributed by atoms with Gasteiger partial charge in [0.15, 0.2) is 0 Å². The third kappa shape index (κ3) is 2.89. The number of benzene rings is 2. The lowest BCUT2D eigenvalue weighted by atomic mass is 10.1. The minimum Gasteiger partial charge on any atom is -0.496 e. The maximum atomic E-state index is 12.7. The Morgan fingerprint density at radius 3 is 2.22 bits per heavy atom. The van der Waals surface area contributed by atoms with Gasteiger partial charge in [-0.05, 0) is 48.9 Å². The summed E-state index contributed by atoms with van der Waals surface area (Å²) in [6, 6.07) is 11.9. The molecule has 0 unspecified atom stereocenters. The molecule has 0 aliphatic rings. The lowest BCUT2D eigenvalue weighted by Crippen LogP contribution is -1.87. The highest BCUT2D eigenvalue weighted by molar-refractivity contribution is 5.47. The van der Waals surface area contributed by atoms with E-state index in [0.29, 0.717) is 0 Å². The lowest BCUT2D eigenvalue weighted by molar-refractivity contribution is 0.411. The van der Waals surface area contributed by atoms with Gasteiger partial charge in [0.05, 0.1) is 7.11 Å². The molecule has 0 aliphatic carbocycles. The first-order valence-corrected chi connectivity index (χ1v) is 5.61. The second-order valence-electron chi connectivity index (χ2n) is 3.94. The summed E-state index contributed by atoms with van der Waals surface area (Å²) < 4.78 is 18.0. The predicted molar refractivity (Wildman–Crippen MR) is 70.1 cm³/mol. The molecule has 18 heavy (non-hydrogen) atoms. The van der Waals surface area contributed by atoms with Gasteiger partial charge in [-0.25, -0.2) is 4.39 Å². The summed E-state index contributed by atoms with van der Waals surface area (Å²) >= 11 is 0. The minimum absolute atomic E-state index is 0.252. The van der Waals surface area contributed by atoms with Gasteiger partial charge >= 0.3 is 0 Å². The summed E-state index contributed by atoms with van der Waals surface area (Å²) in [5, 5.41) is 0. The zero-order valence-electron chi connectivity index (χ0n) is 10.3. The Morgan fingerprint density at radius 1 is 0.944 bits per heavy atom. The summed E-state index contributed by atoms with van der Waals surface area (Å²) in [7, 11) is 1.64. The summed E-state index contributed by atoms with van der Waals surface area (Å²) in [5.41, 5.74) is 2.74. The van der Waals surface area contributed by atoms with Crippen molar-refractivity contribution >= 4 is 0 Å². The number of rotatable bonds is 1. The molecule has 0 aliphatic heterocycles. The highest BCUT2D eigenvalue weighted by atomic mass is 19.1. The SMILES string of the molecule is COc1cc(C#Cc2ccc(F)cc2)ccc1C. The van der Waals surface area contributed by atoms with E-state index >= 15 is 0 Å². The van der Waals surface area contributed by atoms with Crippen molar-refractivity contribution in [1.82, 2.24) is 0 Å². The summed E-state index contributed by atoms with van der Waals surface area (Å²) in [6.07, 6.45) is 0. The van der Waals surface area contributed by atoms with Crippen molar-refractivity contribution in [1.29, 1.82) is 0 Å². The number of hydrogen-bond acceptors (Lipinski definition) is 1. The van der Waals surface area contributed by atoms with Crippen molar-refractivity contribution in [3.63, 3.8) is 0 Å². The van der Waals surface area contributed by atoms with Crippen LogP contribution in [-0.4, -0.2) is 7.11 Å². The van der Waals surface area contributed by atoms with Crippen molar-refractivity contribution in [2.75, 3.05) is 7.11 Å². The molecule has 0 saturated carbocycles. The van der Waals surface area contributed by atoms with Crippen LogP contribution in [0.25, 0.3) is 0 Å². The van der Waals surface area contributed by atoms with E-state index in [9.17, 15) is 4.39 Å². The van der Waals surface area contributed by atoms with Gasteiger partial charge in [-0.2, -0.15) is 0 Å². The smallest absolute Gasteiger partial charge is 0.123 e. The average Bonchev–Trinajstić information content (AvgIpc) is 2.39. The molecule has 0 N–H and O–H groups in total. The van der Waals surface area contributed by atoms with Crippen LogP contribution >= 0.6 is 0 Å². The fourth-order valence-electron chi connectivity index (χ4n) is 1.58. The second kappa shape index (κ2) is 5.37. The van der Waals surface area contributed by atoms with Crippen LogP contribution in [0.2, 0.25) is 0 Å². The topological polar surface area (TPSA) is 9.23 Å². The third-order valence-electron chi connectivity index (χ3n) is 2.60. The predicted octanol–water partition coefficient (Wildman–Crippen LogP) is 3.54. The molecule has 2 aromatic rings. The Bertz CT molecular complexity index is 603. The molecule has 2 aromatic carbocycles. The largest absolute Gasteiger partial charge is 0.496 e. The summed E-state index contributed by atoms with van der Waals surface area (Å²) in [4.78, 5) is 0. The van der Waals surface area contributed by atoms with Gasteiger partial charge in [-0.15, -0.1) is 0 Å². The van der Waals surface area contributed by atoms with E-state index in [1.807, 2.05) is 25.1 Å². The van der Waals surface area contributed by atoms with Crippen LogP contribution in [0.5, 0.6) is 5.75 Å². The molecule has 0 heterocycles. The van der Waals surface area contributed by atoms with Gasteiger partial charge in [-0.1, -0.05) is 17.9 Å². The molecule has 0 spiro atoms. The molecule has 2 rings (SSSR count). The van der Waals surface area contributed by atoms with Crippen molar-refractivity contribution in [3.8, 4) is 17.6 Å². The van der Waals surface area contributed by atoms with Crippen LogP contribution in [-0.2, 0) is 0 Å². The van der Waals surface area contributed by atoms with Crippen LogP contribution in [0.15, 0.2) is 42.5 Å². The standard InChI is InChI=1S/C16H13FO/c1-12-3-4-14(11-16(12)18-2)6-5-13-7-9-15(17)10-8-13/h3-4,7-11H,1-2H3. The first kappa shape index (κ1) is 12.2. The van der Waals surface area contributed by atoms with Crippen LogP contribution in [0.1, 0.15) is 16.7 Å². The Kier molecular flexibility index (Phi) is 3.64. The number of halogens is 1. The Morgan fingerprint density at radius 2 is 1.56 bits per heavy atom. The number of ether oxygens (including phenoxy) is 1. The van der Waals surface area contributed by atoms with E-state index in [1.54, 1.807) is 19.2 Å². The maximum absolute atomic E-state index is 12.7. The molecule has 90 valence electrons. The van der Waals surface area contributed by atoms with E-state index in [4.69, 9.17) is 4.74 Å². The first-order chi connectivity index (χ1) is 8.69. The zero-order chi connectivity index (χ0) is 13.0. The maximum Gasteiger partial charge on any atom is 0.123 e. The second-order valence-corrected chi connectivity index (χ2v) is 3.94. The molecule has 0 radical (unpaired) electrons. The van der Waals surface area contributed by atoms with Gasteiger partial charge in [0.25, 0.3) is 0 Å². The van der Waals surface area contributed by atoms with E-state index in [0.717, 1.165) is 22.4 Å². The Hall–Kier alpha value is -2.27. The van der Waals surface area contributed by atoms with E-state index in [-0.39, 0.29) is 5.82 Å². The van der Waals surface area contributed by atoms with Crippen LogP contribution < -0.4 is 4.74 Å². The van der Waals surface area contributed by atoms with E-state index in [1.165, 1.54) is 12.1 Å². The van der Waals surface area contributed by atoms with Crippen molar-refractivity contribution in [3.05, 3.63) is 65.0 Å². The van der Waals surface area contributed by atoms with Gasteiger partial charge in [0.2, 0.25) is 0 Å². The van der Waals surface area contributed by atoms with Crippen LogP contribution in [0, 0.1) is 24.6 Å². The minimum atomic E-state index is -0.252. The lowest BCUT2D eigenvalue weighted by Gasteiger charge is -2.03. The number of hydrogen-bond donors (Lipinski definition) is 0.